The van der Waals surface area contributed by atoms with Crippen molar-refractivity contribution in [1.82, 2.24) is 4.57 Å². The van der Waals surface area contributed by atoms with Crippen LogP contribution in [-0.4, -0.2) is 4.57 Å². The second-order valence-electron chi connectivity index (χ2n) is 6.07. The lowest BCUT2D eigenvalue weighted by molar-refractivity contribution is 0.306. The summed E-state index contributed by atoms with van der Waals surface area (Å²) in [7, 11) is 0. The first-order valence-electron chi connectivity index (χ1n) is 8.28. The van der Waals surface area contributed by atoms with E-state index in [0.29, 0.717) is 13.2 Å². The molecule has 0 aliphatic heterocycles. The van der Waals surface area contributed by atoms with Crippen molar-refractivity contribution in [2.75, 3.05) is 0 Å². The summed E-state index contributed by atoms with van der Waals surface area (Å²) in [6, 6.07) is 25.0. The first-order chi connectivity index (χ1) is 12.3. The zero-order valence-electron chi connectivity index (χ0n) is 13.7. The minimum Gasteiger partial charge on any atom is -0.489 e. The predicted molar refractivity (Wildman–Crippen MR) is 98.2 cm³/mol. The molecule has 1 heterocycles. The van der Waals surface area contributed by atoms with Crippen LogP contribution in [0.4, 0.5) is 4.39 Å². The Balaban J connectivity index is 1.51. The highest BCUT2D eigenvalue weighted by Gasteiger charge is 2.04. The van der Waals surface area contributed by atoms with E-state index >= 15 is 0 Å². The topological polar surface area (TPSA) is 14.2 Å². The Morgan fingerprint density at radius 3 is 2.40 bits per heavy atom. The van der Waals surface area contributed by atoms with Gasteiger partial charge in [-0.25, -0.2) is 4.39 Å². The molecule has 0 spiro atoms. The average Bonchev–Trinajstić information content (AvgIpc) is 3.05. The fourth-order valence-electron chi connectivity index (χ4n) is 2.93. The second-order valence-corrected chi connectivity index (χ2v) is 6.07. The Kier molecular flexibility index (Phi) is 4.21. The number of hydrogen-bond acceptors (Lipinski definition) is 1. The van der Waals surface area contributed by atoms with E-state index in [9.17, 15) is 4.39 Å². The maximum atomic E-state index is 13.0. The molecule has 0 saturated carbocycles. The molecular weight excluding hydrogens is 313 g/mol. The monoisotopic (exact) mass is 331 g/mol. The zero-order valence-corrected chi connectivity index (χ0v) is 13.7. The van der Waals surface area contributed by atoms with Crippen LogP contribution >= 0.6 is 0 Å². The van der Waals surface area contributed by atoms with Gasteiger partial charge in [0.05, 0.1) is 0 Å². The molecule has 0 amide bonds. The molecule has 4 aromatic rings. The van der Waals surface area contributed by atoms with E-state index in [4.69, 9.17) is 4.74 Å². The summed E-state index contributed by atoms with van der Waals surface area (Å²) in [6.45, 7) is 1.27. The third-order valence-electron chi connectivity index (χ3n) is 4.26. The molecule has 124 valence electrons. The molecule has 0 aliphatic carbocycles. The Morgan fingerprint density at radius 2 is 1.60 bits per heavy atom. The first kappa shape index (κ1) is 15.5. The molecule has 2 nitrogen and oxygen atoms in total. The number of hydrogen-bond donors (Lipinski definition) is 0. The highest BCUT2D eigenvalue weighted by molar-refractivity contribution is 5.81. The SMILES string of the molecule is Fc1ccc(Cn2ccc3cc(OCc4ccccc4)ccc32)cc1. The lowest BCUT2D eigenvalue weighted by Crippen LogP contribution is -1.98. The van der Waals surface area contributed by atoms with Crippen molar-refractivity contribution in [2.45, 2.75) is 13.2 Å². The second kappa shape index (κ2) is 6.81. The number of benzene rings is 3. The normalized spacial score (nSPS) is 10.9. The molecule has 3 heteroatoms. The third-order valence-corrected chi connectivity index (χ3v) is 4.26. The highest BCUT2D eigenvalue weighted by atomic mass is 19.1. The lowest BCUT2D eigenvalue weighted by Gasteiger charge is -2.08. The third kappa shape index (κ3) is 3.56. The highest BCUT2D eigenvalue weighted by Crippen LogP contribution is 2.23. The van der Waals surface area contributed by atoms with Crippen molar-refractivity contribution in [3.63, 3.8) is 0 Å². The van der Waals surface area contributed by atoms with Crippen LogP contribution in [0.3, 0.4) is 0 Å². The largest absolute Gasteiger partial charge is 0.489 e. The van der Waals surface area contributed by atoms with Crippen LogP contribution in [0.25, 0.3) is 10.9 Å². The van der Waals surface area contributed by atoms with Gasteiger partial charge in [0.25, 0.3) is 0 Å². The summed E-state index contributed by atoms with van der Waals surface area (Å²) in [5.74, 6) is 0.650. The molecule has 0 N–H and O–H groups in total. The minimum absolute atomic E-state index is 0.207. The van der Waals surface area contributed by atoms with Gasteiger partial charge in [-0.1, -0.05) is 42.5 Å². The zero-order chi connectivity index (χ0) is 17.1. The lowest BCUT2D eigenvalue weighted by atomic mass is 10.2. The van der Waals surface area contributed by atoms with Gasteiger partial charge in [-0.2, -0.15) is 0 Å². The van der Waals surface area contributed by atoms with Crippen molar-refractivity contribution in [3.05, 3.63) is 102 Å². The Morgan fingerprint density at radius 1 is 0.800 bits per heavy atom. The van der Waals surface area contributed by atoms with E-state index < -0.39 is 0 Å². The number of ether oxygens (including phenoxy) is 1. The standard InChI is InChI=1S/C22H18FNO/c23-20-8-6-17(7-9-20)15-24-13-12-19-14-21(10-11-22(19)24)25-16-18-4-2-1-3-5-18/h1-14H,15-16H2. The molecule has 25 heavy (non-hydrogen) atoms. The number of halogens is 1. The fraction of sp³-hybridized carbons (Fsp3) is 0.0909. The molecule has 0 atom stereocenters. The summed E-state index contributed by atoms with van der Waals surface area (Å²) < 4.78 is 21.1. The van der Waals surface area contributed by atoms with E-state index in [-0.39, 0.29) is 5.82 Å². The van der Waals surface area contributed by atoms with Crippen LogP contribution in [0.15, 0.2) is 85.1 Å². The van der Waals surface area contributed by atoms with Gasteiger partial charge < -0.3 is 9.30 Å². The molecule has 0 fully saturated rings. The number of aromatic nitrogens is 1. The van der Waals surface area contributed by atoms with E-state index in [2.05, 4.69) is 41.1 Å². The van der Waals surface area contributed by atoms with Crippen LogP contribution < -0.4 is 4.74 Å². The maximum absolute atomic E-state index is 13.0. The van der Waals surface area contributed by atoms with Gasteiger partial charge in [0.15, 0.2) is 0 Å². The summed E-state index contributed by atoms with van der Waals surface area (Å²) >= 11 is 0. The average molecular weight is 331 g/mol. The number of fused-ring (bicyclic) bond motifs is 1. The minimum atomic E-state index is -0.207. The number of rotatable bonds is 5. The summed E-state index contributed by atoms with van der Waals surface area (Å²) in [5, 5.41) is 1.13. The predicted octanol–water partition coefficient (Wildman–Crippen LogP) is 5.41. The van der Waals surface area contributed by atoms with E-state index in [1.807, 2.05) is 36.4 Å². The summed E-state index contributed by atoms with van der Waals surface area (Å²) in [4.78, 5) is 0. The van der Waals surface area contributed by atoms with E-state index in [1.54, 1.807) is 0 Å². The van der Waals surface area contributed by atoms with Gasteiger partial charge in [0.2, 0.25) is 0 Å². The van der Waals surface area contributed by atoms with Crippen LogP contribution in [0.2, 0.25) is 0 Å². The molecule has 4 rings (SSSR count). The Labute approximate surface area is 146 Å². The molecule has 0 radical (unpaired) electrons. The van der Waals surface area contributed by atoms with Crippen LogP contribution in [0, 0.1) is 5.82 Å². The number of nitrogens with zero attached hydrogens (tertiary/aromatic N) is 1. The van der Waals surface area contributed by atoms with Crippen LogP contribution in [0.5, 0.6) is 5.75 Å². The molecule has 1 aromatic heterocycles. The van der Waals surface area contributed by atoms with Gasteiger partial charge in [-0.15, -0.1) is 0 Å². The van der Waals surface area contributed by atoms with Crippen molar-refractivity contribution in [2.24, 2.45) is 0 Å². The quantitative estimate of drug-likeness (QED) is 0.477. The maximum Gasteiger partial charge on any atom is 0.123 e. The van der Waals surface area contributed by atoms with Crippen molar-refractivity contribution in [1.29, 1.82) is 0 Å². The molecule has 0 bridgehead atoms. The van der Waals surface area contributed by atoms with Crippen LogP contribution in [0.1, 0.15) is 11.1 Å². The van der Waals surface area contributed by atoms with Crippen molar-refractivity contribution >= 4 is 10.9 Å². The summed E-state index contributed by atoms with van der Waals surface area (Å²) in [6.07, 6.45) is 2.05. The van der Waals surface area contributed by atoms with Gasteiger partial charge in [-0.05, 0) is 47.5 Å². The van der Waals surface area contributed by atoms with Gasteiger partial charge in [0, 0.05) is 23.6 Å². The fourth-order valence-corrected chi connectivity index (χ4v) is 2.93. The van der Waals surface area contributed by atoms with E-state index in [1.165, 1.54) is 12.1 Å². The molecular formula is C22H18FNO. The van der Waals surface area contributed by atoms with Gasteiger partial charge in [-0.3, -0.25) is 0 Å². The molecule has 0 unspecified atom stereocenters. The molecule has 3 aromatic carbocycles. The van der Waals surface area contributed by atoms with Crippen LogP contribution in [-0.2, 0) is 13.2 Å². The molecule has 0 aliphatic rings. The van der Waals surface area contributed by atoms with Crippen molar-refractivity contribution in [3.8, 4) is 5.75 Å². The Hall–Kier alpha value is -3.07. The smallest absolute Gasteiger partial charge is 0.123 e. The Bertz CT molecular complexity index is 974. The van der Waals surface area contributed by atoms with Crippen molar-refractivity contribution < 1.29 is 9.13 Å². The van der Waals surface area contributed by atoms with Gasteiger partial charge >= 0.3 is 0 Å². The van der Waals surface area contributed by atoms with Gasteiger partial charge in [0.1, 0.15) is 18.2 Å². The summed E-state index contributed by atoms with van der Waals surface area (Å²) in [5.41, 5.74) is 3.36. The molecule has 0 saturated heterocycles. The van der Waals surface area contributed by atoms with E-state index in [0.717, 1.165) is 27.8 Å². The first-order valence-corrected chi connectivity index (χ1v) is 8.28.